The SMILES string of the molecule is CCCCN1C(=O)[C@@H]2[C@@H](C(C)C)[NH2+][C@]3(C(=O)Nc4c(Cl)cccc43)[C@@H]2C1=O. The number of nitrogens with one attached hydrogen (secondary N) is 1. The standard InChI is InChI=1S/C20H24ClN3O3/c1-4-5-9-24-17(25)13-14(18(24)26)20(23-15(13)10(2)3)11-7-6-8-12(21)16(11)22-19(20)27/h6-8,10,13-15,23H,4-5,9H2,1-3H3,(H,22,27)/p+1/t13-,14-,15+,20-/m0/s1. The maximum atomic E-state index is 13.3. The first-order valence-electron chi connectivity index (χ1n) is 9.66. The molecule has 3 heterocycles. The molecule has 3 aliphatic heterocycles. The number of unbranched alkanes of at least 4 members (excludes halogenated alkanes) is 1. The van der Waals surface area contributed by atoms with E-state index in [2.05, 4.69) is 5.32 Å². The Morgan fingerprint density at radius 1 is 1.26 bits per heavy atom. The van der Waals surface area contributed by atoms with Crippen LogP contribution in [0.15, 0.2) is 18.2 Å². The minimum atomic E-state index is -1.12. The monoisotopic (exact) mass is 390 g/mol. The van der Waals surface area contributed by atoms with Gasteiger partial charge in [0.2, 0.25) is 17.4 Å². The third kappa shape index (κ3) is 2.32. The average molecular weight is 391 g/mol. The molecule has 3 aliphatic rings. The van der Waals surface area contributed by atoms with Gasteiger partial charge in [-0.15, -0.1) is 0 Å². The molecule has 0 bridgehead atoms. The minimum absolute atomic E-state index is 0.131. The normalized spacial score (nSPS) is 31.8. The topological polar surface area (TPSA) is 83.1 Å². The second kappa shape index (κ2) is 6.31. The number of nitrogens with zero attached hydrogens (tertiary/aromatic N) is 1. The Labute approximate surface area is 163 Å². The summed E-state index contributed by atoms with van der Waals surface area (Å²) in [5.41, 5.74) is 0.167. The van der Waals surface area contributed by atoms with Crippen molar-refractivity contribution in [3.8, 4) is 0 Å². The minimum Gasteiger partial charge on any atom is -0.326 e. The lowest BCUT2D eigenvalue weighted by Gasteiger charge is -2.27. The number of rotatable bonds is 4. The third-order valence-corrected chi connectivity index (χ3v) is 6.70. The molecule has 2 saturated heterocycles. The van der Waals surface area contributed by atoms with Crippen molar-refractivity contribution < 1.29 is 19.7 Å². The van der Waals surface area contributed by atoms with Crippen molar-refractivity contribution in [1.29, 1.82) is 0 Å². The number of carbonyl (C=O) groups excluding carboxylic acids is 3. The van der Waals surface area contributed by atoms with Crippen molar-refractivity contribution >= 4 is 35.0 Å². The van der Waals surface area contributed by atoms with E-state index in [0.29, 0.717) is 17.3 Å². The number of carbonyl (C=O) groups is 3. The van der Waals surface area contributed by atoms with E-state index in [4.69, 9.17) is 11.6 Å². The van der Waals surface area contributed by atoms with Crippen molar-refractivity contribution in [3.05, 3.63) is 28.8 Å². The Morgan fingerprint density at radius 2 is 2.00 bits per heavy atom. The second-order valence-corrected chi connectivity index (χ2v) is 8.57. The first-order valence-corrected chi connectivity index (χ1v) is 10.0. The van der Waals surface area contributed by atoms with E-state index >= 15 is 0 Å². The number of amides is 3. The van der Waals surface area contributed by atoms with E-state index in [1.54, 1.807) is 12.1 Å². The average Bonchev–Trinajstić information content (AvgIpc) is 3.21. The molecule has 1 aromatic rings. The summed E-state index contributed by atoms with van der Waals surface area (Å²) >= 11 is 6.31. The molecule has 3 amide bonds. The first-order chi connectivity index (χ1) is 12.8. The molecule has 0 saturated carbocycles. The zero-order valence-corrected chi connectivity index (χ0v) is 16.5. The highest BCUT2D eigenvalue weighted by Crippen LogP contribution is 2.51. The number of hydrogen-bond donors (Lipinski definition) is 2. The zero-order valence-electron chi connectivity index (χ0n) is 15.8. The molecule has 6 nitrogen and oxygen atoms in total. The predicted molar refractivity (Wildman–Crippen MR) is 101 cm³/mol. The van der Waals surface area contributed by atoms with Gasteiger partial charge in [0.15, 0.2) is 0 Å². The van der Waals surface area contributed by atoms with Gasteiger partial charge in [0.05, 0.1) is 10.7 Å². The molecule has 1 spiro atoms. The van der Waals surface area contributed by atoms with Crippen molar-refractivity contribution in [2.75, 3.05) is 11.9 Å². The summed E-state index contributed by atoms with van der Waals surface area (Å²) in [6.45, 7) is 6.53. The summed E-state index contributed by atoms with van der Waals surface area (Å²) in [6.07, 6.45) is 1.67. The maximum Gasteiger partial charge on any atom is 0.291 e. The fourth-order valence-corrected chi connectivity index (χ4v) is 5.30. The number of hydrogen-bond acceptors (Lipinski definition) is 3. The van der Waals surface area contributed by atoms with Crippen LogP contribution in [-0.4, -0.2) is 35.2 Å². The molecule has 0 radical (unpaired) electrons. The number of anilines is 1. The first kappa shape index (κ1) is 18.4. The zero-order chi connectivity index (χ0) is 19.5. The van der Waals surface area contributed by atoms with E-state index in [1.165, 1.54) is 4.90 Å². The molecule has 4 rings (SSSR count). The van der Waals surface area contributed by atoms with Crippen molar-refractivity contribution in [2.24, 2.45) is 17.8 Å². The van der Waals surface area contributed by atoms with Crippen LogP contribution in [0.4, 0.5) is 5.69 Å². The van der Waals surface area contributed by atoms with Gasteiger partial charge in [-0.2, -0.15) is 0 Å². The molecular weight excluding hydrogens is 366 g/mol. The Balaban J connectivity index is 1.87. The number of quaternary nitrogens is 1. The Hall–Kier alpha value is -1.92. The summed E-state index contributed by atoms with van der Waals surface area (Å²) in [6, 6.07) is 5.24. The summed E-state index contributed by atoms with van der Waals surface area (Å²) in [5.74, 6) is -1.62. The van der Waals surface area contributed by atoms with E-state index < -0.39 is 17.4 Å². The fourth-order valence-electron chi connectivity index (χ4n) is 5.08. The van der Waals surface area contributed by atoms with E-state index in [1.807, 2.05) is 32.2 Å². The molecule has 2 fully saturated rings. The second-order valence-electron chi connectivity index (χ2n) is 8.16. The number of para-hydroxylation sites is 1. The largest absolute Gasteiger partial charge is 0.326 e. The van der Waals surface area contributed by atoms with Crippen molar-refractivity contribution in [3.63, 3.8) is 0 Å². The van der Waals surface area contributed by atoms with Gasteiger partial charge in [-0.25, -0.2) is 0 Å². The van der Waals surface area contributed by atoms with Crippen LogP contribution in [0.1, 0.15) is 39.2 Å². The summed E-state index contributed by atoms with van der Waals surface area (Å²) in [7, 11) is 0. The van der Waals surface area contributed by atoms with Crippen LogP contribution in [0.3, 0.4) is 0 Å². The van der Waals surface area contributed by atoms with Crippen LogP contribution in [0, 0.1) is 17.8 Å². The van der Waals surface area contributed by atoms with Crippen molar-refractivity contribution in [1.82, 2.24) is 4.90 Å². The van der Waals surface area contributed by atoms with E-state index in [0.717, 1.165) is 18.4 Å². The highest BCUT2D eigenvalue weighted by molar-refractivity contribution is 6.35. The van der Waals surface area contributed by atoms with Gasteiger partial charge >= 0.3 is 0 Å². The molecule has 0 aliphatic carbocycles. The third-order valence-electron chi connectivity index (χ3n) is 6.38. The highest BCUT2D eigenvalue weighted by Gasteiger charge is 2.74. The molecule has 0 aromatic heterocycles. The molecule has 144 valence electrons. The number of nitrogens with two attached hydrogens (primary N) is 1. The molecule has 4 atom stereocenters. The quantitative estimate of drug-likeness (QED) is 0.764. The van der Waals surface area contributed by atoms with E-state index in [9.17, 15) is 14.4 Å². The lowest BCUT2D eigenvalue weighted by atomic mass is 9.76. The van der Waals surface area contributed by atoms with Crippen LogP contribution in [0.2, 0.25) is 5.02 Å². The summed E-state index contributed by atoms with van der Waals surface area (Å²) in [5, 5.41) is 5.29. The number of benzene rings is 1. The maximum absolute atomic E-state index is 13.3. The van der Waals surface area contributed by atoms with Gasteiger partial charge in [0.1, 0.15) is 17.9 Å². The van der Waals surface area contributed by atoms with Crippen LogP contribution in [0.5, 0.6) is 0 Å². The number of halogens is 1. The molecular formula is C20H25ClN3O3+. The van der Waals surface area contributed by atoms with Crippen LogP contribution < -0.4 is 10.6 Å². The van der Waals surface area contributed by atoms with E-state index in [-0.39, 0.29) is 29.7 Å². The van der Waals surface area contributed by atoms with Crippen LogP contribution in [0.25, 0.3) is 0 Å². The Kier molecular flexibility index (Phi) is 4.31. The van der Waals surface area contributed by atoms with Gasteiger partial charge in [-0.3, -0.25) is 19.3 Å². The summed E-state index contributed by atoms with van der Waals surface area (Å²) < 4.78 is 0. The Morgan fingerprint density at radius 3 is 2.67 bits per heavy atom. The number of fused-ring (bicyclic) bond motifs is 4. The Bertz CT molecular complexity index is 840. The van der Waals surface area contributed by atoms with Gasteiger partial charge in [-0.05, 0) is 18.6 Å². The molecule has 1 aromatic carbocycles. The lowest BCUT2D eigenvalue weighted by molar-refractivity contribution is -0.738. The van der Waals surface area contributed by atoms with Gasteiger partial charge in [0.25, 0.3) is 5.91 Å². The fraction of sp³-hybridized carbons (Fsp3) is 0.550. The van der Waals surface area contributed by atoms with Gasteiger partial charge in [0, 0.05) is 18.0 Å². The smallest absolute Gasteiger partial charge is 0.291 e. The van der Waals surface area contributed by atoms with Crippen molar-refractivity contribution in [2.45, 2.75) is 45.2 Å². The number of imide groups is 1. The van der Waals surface area contributed by atoms with Gasteiger partial charge < -0.3 is 10.6 Å². The predicted octanol–water partition coefficient (Wildman–Crippen LogP) is 1.49. The van der Waals surface area contributed by atoms with Crippen LogP contribution in [-0.2, 0) is 19.9 Å². The lowest BCUT2D eigenvalue weighted by Crippen LogP contribution is -2.99. The number of likely N-dealkylation sites (tertiary alicyclic amines) is 1. The highest BCUT2D eigenvalue weighted by atomic mass is 35.5. The summed E-state index contributed by atoms with van der Waals surface area (Å²) in [4.78, 5) is 41.1. The molecule has 7 heteroatoms. The molecule has 0 unspecified atom stereocenters. The molecule has 27 heavy (non-hydrogen) atoms. The van der Waals surface area contributed by atoms with Gasteiger partial charge in [-0.1, -0.05) is 44.9 Å². The van der Waals surface area contributed by atoms with Crippen LogP contribution >= 0.6 is 11.6 Å². The molecule has 3 N–H and O–H groups in total.